The first-order valence-corrected chi connectivity index (χ1v) is 12.7. The summed E-state index contributed by atoms with van der Waals surface area (Å²) in [7, 11) is 0. The molecular formula is C30H34N4O. The van der Waals surface area contributed by atoms with Crippen molar-refractivity contribution in [3.8, 4) is 6.07 Å². The third-order valence-corrected chi connectivity index (χ3v) is 6.83. The molecule has 1 saturated heterocycles. The summed E-state index contributed by atoms with van der Waals surface area (Å²) in [5, 5.41) is 12.9. The quantitative estimate of drug-likeness (QED) is 0.414. The molecule has 2 aliphatic rings. The fourth-order valence-electron chi connectivity index (χ4n) is 4.65. The topological polar surface area (TPSA) is 69.0 Å². The number of rotatable bonds is 7. The van der Waals surface area contributed by atoms with Crippen LogP contribution >= 0.6 is 0 Å². The van der Waals surface area contributed by atoms with Gasteiger partial charge in [-0.05, 0) is 101 Å². The van der Waals surface area contributed by atoms with Crippen LogP contribution in [0.5, 0.6) is 0 Å². The van der Waals surface area contributed by atoms with Crippen LogP contribution in [0.15, 0.2) is 66.1 Å². The summed E-state index contributed by atoms with van der Waals surface area (Å²) in [4.78, 5) is 20.1. The van der Waals surface area contributed by atoms with Crippen molar-refractivity contribution in [2.75, 3.05) is 25.0 Å². The number of hydrogen-bond donors (Lipinski definition) is 1. The summed E-state index contributed by atoms with van der Waals surface area (Å²) < 4.78 is 0. The van der Waals surface area contributed by atoms with Gasteiger partial charge in [0.15, 0.2) is 0 Å². The Bertz CT molecular complexity index is 1160. The molecule has 0 radical (unpaired) electrons. The first-order chi connectivity index (χ1) is 17.1. The fraction of sp³-hybridized carbons (Fsp3) is 0.400. The average molecular weight is 467 g/mol. The van der Waals surface area contributed by atoms with E-state index in [4.69, 9.17) is 0 Å². The Hall–Kier alpha value is -3.45. The smallest absolute Gasteiger partial charge is 0.202 e. The van der Waals surface area contributed by atoms with Gasteiger partial charge in [0.05, 0.1) is 17.2 Å². The first-order valence-electron chi connectivity index (χ1n) is 12.7. The molecule has 1 N–H and O–H groups in total. The summed E-state index contributed by atoms with van der Waals surface area (Å²) >= 11 is 0. The number of aryl methyl sites for hydroxylation is 1. The molecule has 1 aliphatic carbocycles. The molecule has 1 atom stereocenters. The summed E-state index contributed by atoms with van der Waals surface area (Å²) in [6, 6.07) is 12.4. The lowest BCUT2D eigenvalue weighted by Crippen LogP contribution is -2.22. The Morgan fingerprint density at radius 1 is 1.20 bits per heavy atom. The Morgan fingerprint density at radius 2 is 2.03 bits per heavy atom. The van der Waals surface area contributed by atoms with Crippen LogP contribution in [0.1, 0.15) is 65.7 Å². The van der Waals surface area contributed by atoms with E-state index in [2.05, 4.69) is 33.1 Å². The van der Waals surface area contributed by atoms with Crippen LogP contribution in [0.25, 0.3) is 0 Å². The van der Waals surface area contributed by atoms with E-state index in [1.165, 1.54) is 25.9 Å². The molecule has 2 aromatic rings. The summed E-state index contributed by atoms with van der Waals surface area (Å²) in [5.41, 5.74) is 8.13. The fourth-order valence-corrected chi connectivity index (χ4v) is 4.65. The number of carbonyl (C=O) groups excluding carboxylic acids is 1. The van der Waals surface area contributed by atoms with E-state index < -0.39 is 0 Å². The second-order valence-electron chi connectivity index (χ2n) is 9.47. The molecule has 1 aromatic heterocycles. The van der Waals surface area contributed by atoms with E-state index in [-0.39, 0.29) is 5.78 Å². The van der Waals surface area contributed by atoms with Gasteiger partial charge in [0.2, 0.25) is 5.78 Å². The van der Waals surface area contributed by atoms with Gasteiger partial charge in [0.25, 0.3) is 0 Å². The van der Waals surface area contributed by atoms with E-state index >= 15 is 0 Å². The lowest BCUT2D eigenvalue weighted by molar-refractivity contribution is 0.103. The molecule has 4 rings (SSSR count). The first kappa shape index (κ1) is 24.7. The molecule has 0 saturated carbocycles. The maximum Gasteiger partial charge on any atom is 0.202 e. The second-order valence-corrected chi connectivity index (χ2v) is 9.47. The Labute approximate surface area is 208 Å². The van der Waals surface area contributed by atoms with Crippen molar-refractivity contribution in [3.05, 3.63) is 88.4 Å². The lowest BCUT2D eigenvalue weighted by Gasteiger charge is -2.19. The molecule has 0 bridgehead atoms. The average Bonchev–Trinajstić information content (AvgIpc) is 3.41. The molecule has 5 heteroatoms. The highest BCUT2D eigenvalue weighted by molar-refractivity contribution is 6.10. The number of Topliss-reactive ketones (excluding diaryl/α,β-unsaturated/α-hetero) is 1. The van der Waals surface area contributed by atoms with Gasteiger partial charge in [-0.15, -0.1) is 5.73 Å². The van der Waals surface area contributed by atoms with E-state index in [1.54, 1.807) is 6.20 Å². The van der Waals surface area contributed by atoms with Gasteiger partial charge in [0.1, 0.15) is 0 Å². The molecule has 35 heavy (non-hydrogen) atoms. The van der Waals surface area contributed by atoms with Crippen molar-refractivity contribution >= 4 is 11.5 Å². The summed E-state index contributed by atoms with van der Waals surface area (Å²) in [6.45, 7) is 5.37. The van der Waals surface area contributed by atoms with Gasteiger partial charge < -0.3 is 10.2 Å². The number of nitriles is 1. The van der Waals surface area contributed by atoms with Crippen molar-refractivity contribution in [1.29, 1.82) is 5.26 Å². The zero-order chi connectivity index (χ0) is 24.5. The number of nitrogens with one attached hydrogen (secondary N) is 1. The van der Waals surface area contributed by atoms with Crippen molar-refractivity contribution in [1.82, 2.24) is 9.88 Å². The zero-order valence-electron chi connectivity index (χ0n) is 20.6. The highest BCUT2D eigenvalue weighted by atomic mass is 16.1. The minimum absolute atomic E-state index is 0.0324. The predicted molar refractivity (Wildman–Crippen MR) is 140 cm³/mol. The standard InChI is InChI=1S/C30H34N4O/c1-23-12-14-29(20-26(23)21-31)33-28-10-4-2-8-24(9-3-5-11-28)30(35)25-13-15-27(32-22-25)16-19-34-17-6-7-18-34/h2-3,8,12-15,20,22,28,33H,4-7,10-11,16-19H2,1H3/b8-2+/t9?,28-/m0/s1. The molecule has 2 heterocycles. The van der Waals surface area contributed by atoms with Gasteiger partial charge in [-0.2, -0.15) is 5.26 Å². The molecule has 1 aliphatic heterocycles. The molecule has 5 nitrogen and oxygen atoms in total. The zero-order valence-corrected chi connectivity index (χ0v) is 20.6. The number of benzene rings is 1. The SMILES string of the molecule is Cc1ccc(N[C@@H]2CCC=C=C(C(=O)c3ccc(CCN4CCCC4)nc3)/C=C/CC2)cc1C#N. The molecule has 180 valence electrons. The van der Waals surface area contributed by atoms with Crippen molar-refractivity contribution in [3.63, 3.8) is 0 Å². The van der Waals surface area contributed by atoms with Crippen LogP contribution in [0.2, 0.25) is 0 Å². The summed E-state index contributed by atoms with van der Waals surface area (Å²) in [6.07, 6.45) is 14.7. The predicted octanol–water partition coefficient (Wildman–Crippen LogP) is 5.78. The third-order valence-electron chi connectivity index (χ3n) is 6.83. The molecular weight excluding hydrogens is 432 g/mol. The van der Waals surface area contributed by atoms with Gasteiger partial charge in [-0.25, -0.2) is 0 Å². The molecule has 1 fully saturated rings. The molecule has 1 aromatic carbocycles. The van der Waals surface area contributed by atoms with Gasteiger partial charge in [-0.3, -0.25) is 9.78 Å². The van der Waals surface area contributed by atoms with Crippen LogP contribution in [0.3, 0.4) is 0 Å². The lowest BCUT2D eigenvalue weighted by atomic mass is 10.00. The van der Waals surface area contributed by atoms with Crippen LogP contribution in [0.4, 0.5) is 5.69 Å². The number of aromatic nitrogens is 1. The van der Waals surface area contributed by atoms with Gasteiger partial charge >= 0.3 is 0 Å². The van der Waals surface area contributed by atoms with Gasteiger partial charge in [-0.1, -0.05) is 12.1 Å². The second kappa shape index (κ2) is 12.3. The van der Waals surface area contributed by atoms with Crippen LogP contribution < -0.4 is 5.32 Å². The maximum absolute atomic E-state index is 13.1. The number of ketones is 1. The number of likely N-dealkylation sites (tertiary alicyclic amines) is 1. The number of carbonyl (C=O) groups is 1. The van der Waals surface area contributed by atoms with E-state index in [1.807, 2.05) is 49.4 Å². The Kier molecular flexibility index (Phi) is 8.68. The van der Waals surface area contributed by atoms with E-state index in [0.29, 0.717) is 22.7 Å². The third kappa shape index (κ3) is 7.02. The number of hydrogen-bond acceptors (Lipinski definition) is 5. The van der Waals surface area contributed by atoms with Crippen LogP contribution in [-0.4, -0.2) is 41.3 Å². The normalized spacial score (nSPS) is 19.5. The monoisotopic (exact) mass is 466 g/mol. The highest BCUT2D eigenvalue weighted by Gasteiger charge is 2.14. The summed E-state index contributed by atoms with van der Waals surface area (Å²) in [5.74, 6) is -0.0324. The number of allylic oxidation sites excluding steroid dienone is 3. The van der Waals surface area contributed by atoms with Gasteiger partial charge in [0, 0.05) is 42.1 Å². The van der Waals surface area contributed by atoms with E-state index in [0.717, 1.165) is 55.6 Å². The van der Waals surface area contributed by atoms with Crippen LogP contribution in [0, 0.1) is 18.3 Å². The van der Waals surface area contributed by atoms with E-state index in [9.17, 15) is 10.1 Å². The van der Waals surface area contributed by atoms with Crippen molar-refractivity contribution < 1.29 is 4.79 Å². The number of anilines is 1. The highest BCUT2D eigenvalue weighted by Crippen LogP contribution is 2.20. The Balaban J connectivity index is 1.36. The largest absolute Gasteiger partial charge is 0.382 e. The number of pyridine rings is 1. The minimum Gasteiger partial charge on any atom is -0.382 e. The van der Waals surface area contributed by atoms with Crippen LogP contribution in [-0.2, 0) is 6.42 Å². The molecule has 0 spiro atoms. The minimum atomic E-state index is -0.0324. The molecule has 0 unspecified atom stereocenters. The maximum atomic E-state index is 13.1. The van der Waals surface area contributed by atoms with Crippen molar-refractivity contribution in [2.45, 2.75) is 57.9 Å². The van der Waals surface area contributed by atoms with Crippen molar-refractivity contribution in [2.24, 2.45) is 0 Å². The Morgan fingerprint density at radius 3 is 2.80 bits per heavy atom. The number of nitrogens with zero attached hydrogens (tertiary/aromatic N) is 3. The molecule has 0 amide bonds.